The molecule has 0 saturated carbocycles. The van der Waals surface area contributed by atoms with Gasteiger partial charge in [0.05, 0.1) is 5.25 Å². The number of rotatable bonds is 1. The fraction of sp³-hybridized carbons (Fsp3) is 0.667. The molecule has 4 heteroatoms. The second kappa shape index (κ2) is 3.25. The molecule has 0 saturated heterocycles. The maximum atomic E-state index is 12.4. The van der Waals surface area contributed by atoms with Crippen molar-refractivity contribution in [3.05, 3.63) is 12.2 Å². The normalized spacial score (nSPS) is 35.8. The Morgan fingerprint density at radius 3 is 2.60 bits per heavy atom. The van der Waals surface area contributed by atoms with E-state index in [0.717, 1.165) is 0 Å². The van der Waals surface area contributed by atoms with Crippen LogP contribution in [0.2, 0.25) is 0 Å². The fourth-order valence-corrected chi connectivity index (χ4v) is 1.49. The Hall–Kier alpha value is -0.220. The van der Waals surface area contributed by atoms with Crippen molar-refractivity contribution < 1.29 is 13.2 Å². The number of hydrogen-bond donors (Lipinski definition) is 1. The number of allylic oxidation sites excluding steroid dienone is 1. The Labute approximate surface area is 61.4 Å². The van der Waals surface area contributed by atoms with E-state index in [-0.39, 0.29) is 5.25 Å². The molecule has 0 spiro atoms. The van der Waals surface area contributed by atoms with Gasteiger partial charge in [0, 0.05) is 0 Å². The third-order valence-electron chi connectivity index (χ3n) is 1.52. The second-order valence-corrected chi connectivity index (χ2v) is 3.45. The van der Waals surface area contributed by atoms with Gasteiger partial charge in [-0.3, -0.25) is 0 Å². The third-order valence-corrected chi connectivity index (χ3v) is 2.43. The number of halogens is 1. The molecule has 0 amide bonds. The summed E-state index contributed by atoms with van der Waals surface area (Å²) in [5.74, 6) is 0. The lowest BCUT2D eigenvalue weighted by Crippen LogP contribution is -2.17. The maximum Gasteiger partial charge on any atom is 0.159 e. The Balaban J connectivity index is 2.53. The van der Waals surface area contributed by atoms with Crippen LogP contribution in [0.3, 0.4) is 0 Å². The van der Waals surface area contributed by atoms with Gasteiger partial charge in [0.15, 0.2) is 11.1 Å². The van der Waals surface area contributed by atoms with Crippen LogP contribution in [0.1, 0.15) is 12.8 Å². The minimum absolute atomic E-state index is 0.355. The minimum atomic E-state index is -1.82. The predicted molar refractivity (Wildman–Crippen MR) is 37.8 cm³/mol. The summed E-state index contributed by atoms with van der Waals surface area (Å²) in [7, 11) is 0. The molecule has 3 atom stereocenters. The van der Waals surface area contributed by atoms with E-state index in [1.165, 1.54) is 12.2 Å². The van der Waals surface area contributed by atoms with E-state index in [9.17, 15) is 8.60 Å². The van der Waals surface area contributed by atoms with Crippen molar-refractivity contribution in [2.75, 3.05) is 0 Å². The second-order valence-electron chi connectivity index (χ2n) is 2.29. The van der Waals surface area contributed by atoms with E-state index >= 15 is 0 Å². The van der Waals surface area contributed by atoms with Crippen LogP contribution >= 0.6 is 0 Å². The van der Waals surface area contributed by atoms with Crippen LogP contribution in [0.4, 0.5) is 4.39 Å². The van der Waals surface area contributed by atoms with Gasteiger partial charge in [-0.15, -0.1) is 0 Å². The highest BCUT2D eigenvalue weighted by Crippen LogP contribution is 2.17. The van der Waals surface area contributed by atoms with Crippen molar-refractivity contribution in [1.82, 2.24) is 0 Å². The first-order valence-electron chi connectivity index (χ1n) is 3.12. The van der Waals surface area contributed by atoms with Gasteiger partial charge in [0.25, 0.3) is 0 Å². The summed E-state index contributed by atoms with van der Waals surface area (Å²) in [6, 6.07) is 0. The zero-order valence-corrected chi connectivity index (χ0v) is 6.18. The summed E-state index contributed by atoms with van der Waals surface area (Å²) in [4.78, 5) is 0. The van der Waals surface area contributed by atoms with Crippen molar-refractivity contribution >= 4 is 11.1 Å². The van der Waals surface area contributed by atoms with Gasteiger partial charge in [-0.1, -0.05) is 12.2 Å². The van der Waals surface area contributed by atoms with E-state index in [2.05, 4.69) is 0 Å². The molecule has 10 heavy (non-hydrogen) atoms. The van der Waals surface area contributed by atoms with Gasteiger partial charge >= 0.3 is 0 Å². The van der Waals surface area contributed by atoms with Crippen LogP contribution < -0.4 is 0 Å². The highest BCUT2D eigenvalue weighted by atomic mass is 32.2. The van der Waals surface area contributed by atoms with E-state index in [4.69, 9.17) is 4.55 Å². The minimum Gasteiger partial charge on any atom is -0.306 e. The van der Waals surface area contributed by atoms with Crippen LogP contribution in [-0.2, 0) is 11.1 Å². The molecule has 2 nitrogen and oxygen atoms in total. The Morgan fingerprint density at radius 1 is 1.50 bits per heavy atom. The average Bonchev–Trinajstić information content (AvgIpc) is 1.88. The maximum absolute atomic E-state index is 12.4. The molecule has 0 aromatic rings. The van der Waals surface area contributed by atoms with Gasteiger partial charge in [0.2, 0.25) is 0 Å². The topological polar surface area (TPSA) is 37.3 Å². The van der Waals surface area contributed by atoms with Gasteiger partial charge in [-0.2, -0.15) is 0 Å². The molecule has 0 heterocycles. The van der Waals surface area contributed by atoms with Crippen molar-refractivity contribution in [3.63, 3.8) is 0 Å². The molecule has 1 aliphatic carbocycles. The summed E-state index contributed by atoms with van der Waals surface area (Å²) in [5, 5.41) is -0.355. The lowest BCUT2D eigenvalue weighted by molar-refractivity contribution is 0.360. The molecule has 1 rings (SSSR count). The van der Waals surface area contributed by atoms with Crippen molar-refractivity contribution in [1.29, 1.82) is 0 Å². The molecule has 0 fully saturated rings. The Kier molecular flexibility index (Phi) is 2.56. The lowest BCUT2D eigenvalue weighted by Gasteiger charge is -2.14. The number of alkyl halides is 1. The smallest absolute Gasteiger partial charge is 0.159 e. The van der Waals surface area contributed by atoms with Crippen LogP contribution in [0, 0.1) is 0 Å². The van der Waals surface area contributed by atoms with Crippen molar-refractivity contribution in [3.8, 4) is 0 Å². The molecule has 1 aliphatic rings. The van der Waals surface area contributed by atoms with E-state index < -0.39 is 17.3 Å². The monoisotopic (exact) mass is 164 g/mol. The van der Waals surface area contributed by atoms with E-state index in [0.29, 0.717) is 12.8 Å². The van der Waals surface area contributed by atoms with Crippen molar-refractivity contribution in [2.45, 2.75) is 24.3 Å². The van der Waals surface area contributed by atoms with Crippen LogP contribution in [0.25, 0.3) is 0 Å². The van der Waals surface area contributed by atoms with Gasteiger partial charge < -0.3 is 4.55 Å². The highest BCUT2D eigenvalue weighted by molar-refractivity contribution is 7.80. The molecular formula is C6H9FO2S. The van der Waals surface area contributed by atoms with Crippen LogP contribution in [-0.4, -0.2) is 20.2 Å². The van der Waals surface area contributed by atoms with Crippen molar-refractivity contribution in [2.24, 2.45) is 0 Å². The van der Waals surface area contributed by atoms with E-state index in [1.54, 1.807) is 0 Å². The molecular weight excluding hydrogens is 155 g/mol. The standard InChI is InChI=1S/C6H9FO2S/c7-5-1-3-6(4-2-5)10(8)9/h1,3,5-6H,2,4H2,(H,8,9)/t5?,6-/m1/s1. The predicted octanol–water partition coefficient (Wildman–Crippen LogP) is 1.26. The SMILES string of the molecule is O=S(O)[C@@H]1C=CC(F)CC1. The van der Waals surface area contributed by atoms with Crippen LogP contribution in [0.5, 0.6) is 0 Å². The first-order chi connectivity index (χ1) is 4.70. The molecule has 58 valence electrons. The zero-order valence-electron chi connectivity index (χ0n) is 5.37. The molecule has 0 radical (unpaired) electrons. The van der Waals surface area contributed by atoms with Gasteiger partial charge in [-0.25, -0.2) is 8.60 Å². The lowest BCUT2D eigenvalue weighted by atomic mass is 10.1. The van der Waals surface area contributed by atoms with Gasteiger partial charge in [0.1, 0.15) is 6.17 Å². The van der Waals surface area contributed by atoms with Gasteiger partial charge in [-0.05, 0) is 12.8 Å². The third kappa shape index (κ3) is 1.88. The fourth-order valence-electron chi connectivity index (χ4n) is 0.928. The number of hydrogen-bond acceptors (Lipinski definition) is 1. The Bertz CT molecular complexity index is 169. The molecule has 2 unspecified atom stereocenters. The molecule has 0 bridgehead atoms. The highest BCUT2D eigenvalue weighted by Gasteiger charge is 2.18. The first kappa shape index (κ1) is 7.88. The van der Waals surface area contributed by atoms with Crippen LogP contribution in [0.15, 0.2) is 12.2 Å². The summed E-state index contributed by atoms with van der Waals surface area (Å²) in [6.45, 7) is 0. The largest absolute Gasteiger partial charge is 0.306 e. The summed E-state index contributed by atoms with van der Waals surface area (Å²) < 4.78 is 31.3. The molecule has 0 aromatic carbocycles. The molecule has 1 N–H and O–H groups in total. The summed E-state index contributed by atoms with van der Waals surface area (Å²) >= 11 is -1.82. The average molecular weight is 164 g/mol. The summed E-state index contributed by atoms with van der Waals surface area (Å²) in [5.41, 5.74) is 0. The molecule has 0 aromatic heterocycles. The summed E-state index contributed by atoms with van der Waals surface area (Å²) in [6.07, 6.45) is 2.75. The first-order valence-corrected chi connectivity index (χ1v) is 4.29. The quantitative estimate of drug-likeness (QED) is 0.468. The zero-order chi connectivity index (χ0) is 7.56. The molecule has 0 aliphatic heterocycles. The van der Waals surface area contributed by atoms with E-state index in [1.807, 2.05) is 0 Å². The Morgan fingerprint density at radius 2 is 2.20 bits per heavy atom.